The molecule has 0 aromatic heterocycles. The third-order valence-corrected chi connectivity index (χ3v) is 5.63. The Morgan fingerprint density at radius 3 is 2.30 bits per heavy atom. The number of benzene rings is 2. The van der Waals surface area contributed by atoms with Crippen molar-refractivity contribution in [3.63, 3.8) is 0 Å². The molecule has 27 heavy (non-hydrogen) atoms. The molecule has 0 aliphatic heterocycles. The van der Waals surface area contributed by atoms with Crippen molar-refractivity contribution in [2.24, 2.45) is 0 Å². The molecule has 0 saturated heterocycles. The van der Waals surface area contributed by atoms with Gasteiger partial charge in [-0.05, 0) is 42.8 Å². The van der Waals surface area contributed by atoms with E-state index < -0.39 is 20.8 Å². The van der Waals surface area contributed by atoms with E-state index >= 15 is 0 Å². The molecule has 8 nitrogen and oxygen atoms in total. The number of nitrogens with one attached hydrogen (secondary N) is 1. The highest BCUT2D eigenvalue weighted by molar-refractivity contribution is 7.89. The van der Waals surface area contributed by atoms with Crippen molar-refractivity contribution in [1.29, 1.82) is 0 Å². The van der Waals surface area contributed by atoms with Crippen LogP contribution in [0.2, 0.25) is 0 Å². The molecule has 2 aromatic rings. The number of nitro benzene ring substituents is 1. The number of hydrogen-bond acceptors (Lipinski definition) is 5. The summed E-state index contributed by atoms with van der Waals surface area (Å²) < 4.78 is 38.7. The first-order valence-electron chi connectivity index (χ1n) is 7.96. The van der Waals surface area contributed by atoms with Gasteiger partial charge in [0.15, 0.2) is 0 Å². The zero-order chi connectivity index (χ0) is 20.0. The predicted molar refractivity (Wildman–Crippen MR) is 97.2 cm³/mol. The highest BCUT2D eigenvalue weighted by atomic mass is 32.2. The van der Waals surface area contributed by atoms with E-state index in [4.69, 9.17) is 0 Å². The summed E-state index contributed by atoms with van der Waals surface area (Å²) in [6.45, 7) is 0.105. The number of rotatable bonds is 8. The van der Waals surface area contributed by atoms with E-state index in [1.807, 2.05) is 0 Å². The van der Waals surface area contributed by atoms with Gasteiger partial charge in [-0.25, -0.2) is 17.1 Å². The Hall–Kier alpha value is -2.85. The van der Waals surface area contributed by atoms with E-state index in [2.05, 4.69) is 5.32 Å². The topological polar surface area (TPSA) is 110 Å². The molecule has 1 amide bonds. The number of anilines is 1. The largest absolute Gasteiger partial charge is 0.326 e. The highest BCUT2D eigenvalue weighted by Gasteiger charge is 2.20. The Labute approximate surface area is 155 Å². The van der Waals surface area contributed by atoms with Crippen molar-refractivity contribution in [2.45, 2.75) is 17.7 Å². The van der Waals surface area contributed by atoms with Gasteiger partial charge in [-0.1, -0.05) is 0 Å². The smallest absolute Gasteiger partial charge is 0.269 e. The van der Waals surface area contributed by atoms with Gasteiger partial charge in [-0.3, -0.25) is 14.9 Å². The average molecular weight is 395 g/mol. The molecule has 0 heterocycles. The van der Waals surface area contributed by atoms with Crippen LogP contribution in [0.5, 0.6) is 0 Å². The lowest BCUT2D eigenvalue weighted by Crippen LogP contribution is -2.28. The molecule has 2 aromatic carbocycles. The summed E-state index contributed by atoms with van der Waals surface area (Å²) in [6.07, 6.45) is 0.343. The van der Waals surface area contributed by atoms with Crippen molar-refractivity contribution >= 4 is 27.3 Å². The molecule has 0 saturated carbocycles. The summed E-state index contributed by atoms with van der Waals surface area (Å²) in [7, 11) is -2.37. The SMILES string of the molecule is CN(CCCC(=O)Nc1ccc([N+](=O)[O-])cc1)S(=O)(=O)c1ccc(F)cc1. The number of nitro groups is 1. The Balaban J connectivity index is 1.84. The summed E-state index contributed by atoms with van der Waals surface area (Å²) in [5.41, 5.74) is 0.332. The molecule has 0 radical (unpaired) electrons. The number of non-ortho nitro benzene ring substituents is 1. The van der Waals surface area contributed by atoms with Crippen LogP contribution in [0.15, 0.2) is 53.4 Å². The normalized spacial score (nSPS) is 11.4. The molecular formula is C17H18FN3O5S. The molecule has 0 bridgehead atoms. The summed E-state index contributed by atoms with van der Waals surface area (Å²) in [4.78, 5) is 21.9. The third-order valence-electron chi connectivity index (χ3n) is 3.76. The minimum atomic E-state index is -3.75. The van der Waals surface area contributed by atoms with Crippen LogP contribution in [0.3, 0.4) is 0 Å². The van der Waals surface area contributed by atoms with Crippen LogP contribution < -0.4 is 5.32 Å². The first-order chi connectivity index (χ1) is 12.7. The van der Waals surface area contributed by atoms with Crippen molar-refractivity contribution < 1.29 is 22.5 Å². The third kappa shape index (κ3) is 5.56. The van der Waals surface area contributed by atoms with Gasteiger partial charge in [0.2, 0.25) is 15.9 Å². The van der Waals surface area contributed by atoms with Crippen LogP contribution in [-0.4, -0.2) is 37.1 Å². The Morgan fingerprint density at radius 2 is 1.74 bits per heavy atom. The van der Waals surface area contributed by atoms with Crippen LogP contribution in [0.25, 0.3) is 0 Å². The molecule has 2 rings (SSSR count). The molecule has 0 unspecified atom stereocenters. The van der Waals surface area contributed by atoms with Gasteiger partial charge >= 0.3 is 0 Å². The fraction of sp³-hybridized carbons (Fsp3) is 0.235. The van der Waals surface area contributed by atoms with Gasteiger partial charge in [0.25, 0.3) is 5.69 Å². The van der Waals surface area contributed by atoms with Crippen LogP contribution in [-0.2, 0) is 14.8 Å². The highest BCUT2D eigenvalue weighted by Crippen LogP contribution is 2.17. The van der Waals surface area contributed by atoms with E-state index in [9.17, 15) is 27.7 Å². The Bertz CT molecular complexity index is 915. The quantitative estimate of drug-likeness (QED) is 0.546. The average Bonchev–Trinajstić information content (AvgIpc) is 2.62. The first kappa shape index (κ1) is 20.5. The van der Waals surface area contributed by atoms with Crippen molar-refractivity contribution in [3.05, 3.63) is 64.5 Å². The number of amides is 1. The van der Waals surface area contributed by atoms with Gasteiger partial charge in [0.05, 0.1) is 9.82 Å². The van der Waals surface area contributed by atoms with Gasteiger partial charge in [-0.15, -0.1) is 0 Å². The van der Waals surface area contributed by atoms with Crippen LogP contribution in [0.1, 0.15) is 12.8 Å². The minimum Gasteiger partial charge on any atom is -0.326 e. The summed E-state index contributed by atoms with van der Waals surface area (Å²) in [5, 5.41) is 13.2. The lowest BCUT2D eigenvalue weighted by Gasteiger charge is -2.17. The van der Waals surface area contributed by atoms with E-state index in [0.717, 1.165) is 16.4 Å². The van der Waals surface area contributed by atoms with Crippen LogP contribution in [0, 0.1) is 15.9 Å². The summed E-state index contributed by atoms with van der Waals surface area (Å²) in [6, 6.07) is 9.89. The molecule has 144 valence electrons. The molecule has 0 atom stereocenters. The standard InChI is InChI=1S/C17H18FN3O5S/c1-20(27(25,26)16-10-4-13(18)5-11-16)12-2-3-17(22)19-14-6-8-15(9-7-14)21(23)24/h4-11H,2-3,12H2,1H3,(H,19,22). The van der Waals surface area contributed by atoms with Crippen molar-refractivity contribution in [2.75, 3.05) is 18.9 Å². The molecule has 0 aliphatic rings. The molecule has 0 fully saturated rings. The molecular weight excluding hydrogens is 377 g/mol. The molecule has 1 N–H and O–H groups in total. The fourth-order valence-electron chi connectivity index (χ4n) is 2.26. The maximum Gasteiger partial charge on any atom is 0.269 e. The number of sulfonamides is 1. The van der Waals surface area contributed by atoms with Gasteiger partial charge < -0.3 is 5.32 Å². The van der Waals surface area contributed by atoms with E-state index in [1.165, 1.54) is 43.4 Å². The lowest BCUT2D eigenvalue weighted by atomic mass is 10.2. The number of carbonyl (C=O) groups excluding carboxylic acids is 1. The summed E-state index contributed by atoms with van der Waals surface area (Å²) in [5.74, 6) is -0.865. The number of halogens is 1. The first-order valence-corrected chi connectivity index (χ1v) is 9.40. The second-order valence-electron chi connectivity index (χ2n) is 5.74. The van der Waals surface area contributed by atoms with E-state index in [1.54, 1.807) is 0 Å². The lowest BCUT2D eigenvalue weighted by molar-refractivity contribution is -0.384. The minimum absolute atomic E-state index is 0.0262. The van der Waals surface area contributed by atoms with Crippen LogP contribution >= 0.6 is 0 Å². The zero-order valence-corrected chi connectivity index (χ0v) is 15.3. The molecule has 0 spiro atoms. The fourth-order valence-corrected chi connectivity index (χ4v) is 3.47. The zero-order valence-electron chi connectivity index (χ0n) is 14.5. The van der Waals surface area contributed by atoms with Gasteiger partial charge in [-0.2, -0.15) is 0 Å². The van der Waals surface area contributed by atoms with Gasteiger partial charge in [0, 0.05) is 37.8 Å². The Morgan fingerprint density at radius 1 is 1.15 bits per heavy atom. The number of nitrogens with zero attached hydrogens (tertiary/aromatic N) is 2. The summed E-state index contributed by atoms with van der Waals surface area (Å²) >= 11 is 0. The maximum atomic E-state index is 12.9. The van der Waals surface area contributed by atoms with Crippen molar-refractivity contribution in [1.82, 2.24) is 4.31 Å². The number of carbonyl (C=O) groups is 1. The second kappa shape index (κ2) is 8.69. The van der Waals surface area contributed by atoms with Crippen LogP contribution in [0.4, 0.5) is 15.8 Å². The maximum absolute atomic E-state index is 12.9. The monoisotopic (exact) mass is 395 g/mol. The second-order valence-corrected chi connectivity index (χ2v) is 7.78. The number of hydrogen-bond donors (Lipinski definition) is 1. The van der Waals surface area contributed by atoms with Gasteiger partial charge in [0.1, 0.15) is 5.82 Å². The van der Waals surface area contributed by atoms with E-state index in [-0.39, 0.29) is 35.9 Å². The van der Waals surface area contributed by atoms with Crippen molar-refractivity contribution in [3.8, 4) is 0 Å². The predicted octanol–water partition coefficient (Wildman–Crippen LogP) is 2.77. The molecule has 0 aliphatic carbocycles. The Kier molecular flexibility index (Phi) is 6.59. The van der Waals surface area contributed by atoms with E-state index in [0.29, 0.717) is 5.69 Å². The molecule has 10 heteroatoms.